The maximum Gasteiger partial charge on any atom is 0.323 e. The molecule has 0 saturated heterocycles. The Morgan fingerprint density at radius 1 is 1.62 bits per heavy atom. The van der Waals surface area contributed by atoms with Crippen molar-refractivity contribution in [3.05, 3.63) is 16.1 Å². The molecule has 1 aromatic rings. The van der Waals surface area contributed by atoms with Crippen molar-refractivity contribution in [2.75, 3.05) is 7.11 Å². The van der Waals surface area contributed by atoms with E-state index in [0.717, 1.165) is 10.6 Å². The normalized spacial score (nSPS) is 12.8. The first-order chi connectivity index (χ1) is 7.56. The number of thiazole rings is 1. The van der Waals surface area contributed by atoms with E-state index in [-0.39, 0.29) is 17.9 Å². The summed E-state index contributed by atoms with van der Waals surface area (Å²) < 4.78 is 4.76. The number of ether oxygens (including phenoxy) is 1. The van der Waals surface area contributed by atoms with E-state index in [4.69, 9.17) is 4.74 Å². The van der Waals surface area contributed by atoms with Gasteiger partial charge in [0.05, 0.1) is 18.3 Å². The van der Waals surface area contributed by atoms with Gasteiger partial charge in [-0.3, -0.25) is 10.1 Å². The number of carbonyl (C=O) groups is 1. The van der Waals surface area contributed by atoms with E-state index in [1.54, 1.807) is 11.3 Å². The van der Waals surface area contributed by atoms with E-state index >= 15 is 0 Å². The Morgan fingerprint density at radius 3 is 2.75 bits per heavy atom. The molecule has 4 nitrogen and oxygen atoms in total. The lowest BCUT2D eigenvalue weighted by Crippen LogP contribution is -2.41. The SMILES string of the molecule is COC(=O)C(NCc1scnc1C)C(C)C. The highest BCUT2D eigenvalue weighted by Gasteiger charge is 2.22. The molecule has 1 unspecified atom stereocenters. The largest absolute Gasteiger partial charge is 0.468 e. The third-order valence-electron chi connectivity index (χ3n) is 2.45. The van der Waals surface area contributed by atoms with Crippen LogP contribution in [0.25, 0.3) is 0 Å². The van der Waals surface area contributed by atoms with E-state index in [2.05, 4.69) is 10.3 Å². The summed E-state index contributed by atoms with van der Waals surface area (Å²) in [6, 6.07) is -0.258. The van der Waals surface area contributed by atoms with Gasteiger partial charge in [-0.15, -0.1) is 11.3 Å². The van der Waals surface area contributed by atoms with Crippen molar-refractivity contribution < 1.29 is 9.53 Å². The number of nitrogens with zero attached hydrogens (tertiary/aromatic N) is 1. The van der Waals surface area contributed by atoms with E-state index in [9.17, 15) is 4.79 Å². The zero-order chi connectivity index (χ0) is 12.1. The Morgan fingerprint density at radius 2 is 2.31 bits per heavy atom. The second kappa shape index (κ2) is 5.96. The maximum absolute atomic E-state index is 11.5. The van der Waals surface area contributed by atoms with Crippen LogP contribution < -0.4 is 5.32 Å². The molecule has 0 aliphatic carbocycles. The zero-order valence-electron chi connectivity index (χ0n) is 10.1. The summed E-state index contributed by atoms with van der Waals surface area (Å²) in [6.07, 6.45) is 0. The number of methoxy groups -OCH3 is 1. The molecule has 0 amide bonds. The minimum atomic E-state index is -0.258. The molecule has 1 N–H and O–H groups in total. The molecule has 0 aromatic carbocycles. The summed E-state index contributed by atoms with van der Waals surface area (Å²) in [5.74, 6) is -0.00199. The van der Waals surface area contributed by atoms with Crippen LogP contribution in [0.2, 0.25) is 0 Å². The fraction of sp³-hybridized carbons (Fsp3) is 0.636. The highest BCUT2D eigenvalue weighted by atomic mass is 32.1. The van der Waals surface area contributed by atoms with Crippen LogP contribution in [0.1, 0.15) is 24.4 Å². The van der Waals surface area contributed by atoms with Crippen molar-refractivity contribution in [3.63, 3.8) is 0 Å². The van der Waals surface area contributed by atoms with E-state index < -0.39 is 0 Å². The first-order valence-corrected chi connectivity index (χ1v) is 6.14. The molecule has 1 heterocycles. The van der Waals surface area contributed by atoms with Gasteiger partial charge in [0.25, 0.3) is 0 Å². The van der Waals surface area contributed by atoms with Crippen LogP contribution in [0.15, 0.2) is 5.51 Å². The van der Waals surface area contributed by atoms with E-state index in [0.29, 0.717) is 6.54 Å². The van der Waals surface area contributed by atoms with Crippen molar-refractivity contribution in [1.82, 2.24) is 10.3 Å². The van der Waals surface area contributed by atoms with Crippen molar-refractivity contribution in [2.24, 2.45) is 5.92 Å². The monoisotopic (exact) mass is 242 g/mol. The first kappa shape index (κ1) is 13.1. The van der Waals surface area contributed by atoms with Crippen LogP contribution in [0.5, 0.6) is 0 Å². The summed E-state index contributed by atoms with van der Waals surface area (Å²) in [6.45, 7) is 6.62. The molecule has 0 spiro atoms. The maximum atomic E-state index is 11.5. The number of aryl methyl sites for hydroxylation is 1. The quantitative estimate of drug-likeness (QED) is 0.799. The van der Waals surface area contributed by atoms with Crippen LogP contribution in [0.4, 0.5) is 0 Å². The molecule has 0 saturated carbocycles. The molecule has 1 rings (SSSR count). The molecule has 0 radical (unpaired) electrons. The van der Waals surface area contributed by atoms with Crippen molar-refractivity contribution in [1.29, 1.82) is 0 Å². The molecule has 0 aliphatic rings. The molecule has 0 bridgehead atoms. The van der Waals surface area contributed by atoms with Crippen molar-refractivity contribution in [3.8, 4) is 0 Å². The van der Waals surface area contributed by atoms with Crippen LogP contribution in [-0.4, -0.2) is 24.1 Å². The minimum Gasteiger partial charge on any atom is -0.468 e. The molecule has 5 heteroatoms. The van der Waals surface area contributed by atoms with Gasteiger partial charge < -0.3 is 4.74 Å². The third-order valence-corrected chi connectivity index (χ3v) is 3.38. The standard InChI is InChI=1S/C11H18N2O2S/c1-7(2)10(11(14)15-4)12-5-9-8(3)13-6-16-9/h6-7,10,12H,5H2,1-4H3. The number of hydrogen-bond acceptors (Lipinski definition) is 5. The smallest absolute Gasteiger partial charge is 0.323 e. The van der Waals surface area contributed by atoms with Gasteiger partial charge in [-0.2, -0.15) is 0 Å². The van der Waals surface area contributed by atoms with Crippen LogP contribution in [0, 0.1) is 12.8 Å². The highest BCUT2D eigenvalue weighted by molar-refractivity contribution is 7.09. The first-order valence-electron chi connectivity index (χ1n) is 5.26. The second-order valence-corrected chi connectivity index (χ2v) is 4.93. The molecule has 0 aliphatic heterocycles. The molecule has 1 atom stereocenters. The van der Waals surface area contributed by atoms with Crippen LogP contribution >= 0.6 is 11.3 Å². The Bertz CT molecular complexity index is 350. The molecular formula is C11H18N2O2S. The summed E-state index contributed by atoms with van der Waals surface area (Å²) in [7, 11) is 1.41. The van der Waals surface area contributed by atoms with Gasteiger partial charge in [0.1, 0.15) is 6.04 Å². The Labute approximate surface area is 100 Å². The lowest BCUT2D eigenvalue weighted by atomic mass is 10.0. The van der Waals surface area contributed by atoms with Gasteiger partial charge in [-0.05, 0) is 12.8 Å². The van der Waals surface area contributed by atoms with Crippen molar-refractivity contribution in [2.45, 2.75) is 33.4 Å². The Hall–Kier alpha value is -0.940. The summed E-state index contributed by atoms with van der Waals surface area (Å²) in [4.78, 5) is 16.8. The number of carbonyl (C=O) groups excluding carboxylic acids is 1. The third kappa shape index (κ3) is 3.28. The highest BCUT2D eigenvalue weighted by Crippen LogP contribution is 2.13. The van der Waals surface area contributed by atoms with Gasteiger partial charge in [0.15, 0.2) is 0 Å². The predicted molar refractivity (Wildman–Crippen MR) is 64.3 cm³/mol. The molecule has 1 aromatic heterocycles. The number of rotatable bonds is 5. The van der Waals surface area contributed by atoms with Gasteiger partial charge >= 0.3 is 5.97 Å². The second-order valence-electron chi connectivity index (χ2n) is 3.99. The van der Waals surface area contributed by atoms with Gasteiger partial charge in [0, 0.05) is 11.4 Å². The predicted octanol–water partition coefficient (Wildman–Crippen LogP) is 1.74. The number of aromatic nitrogens is 1. The topological polar surface area (TPSA) is 51.2 Å². The van der Waals surface area contributed by atoms with Crippen molar-refractivity contribution >= 4 is 17.3 Å². The molecule has 90 valence electrons. The fourth-order valence-electron chi connectivity index (χ4n) is 1.42. The minimum absolute atomic E-state index is 0.209. The Balaban J connectivity index is 2.57. The summed E-state index contributed by atoms with van der Waals surface area (Å²) in [5, 5.41) is 3.21. The Kier molecular flexibility index (Phi) is 4.89. The zero-order valence-corrected chi connectivity index (χ0v) is 10.9. The summed E-state index contributed by atoms with van der Waals surface area (Å²) >= 11 is 1.60. The van der Waals surface area contributed by atoms with E-state index in [1.165, 1.54) is 7.11 Å². The van der Waals surface area contributed by atoms with Gasteiger partial charge in [-0.25, -0.2) is 4.98 Å². The van der Waals surface area contributed by atoms with Crippen LogP contribution in [0.3, 0.4) is 0 Å². The summed E-state index contributed by atoms with van der Waals surface area (Å²) in [5.41, 5.74) is 2.83. The average Bonchev–Trinajstić information content (AvgIpc) is 2.64. The van der Waals surface area contributed by atoms with Gasteiger partial charge in [-0.1, -0.05) is 13.8 Å². The molecule has 16 heavy (non-hydrogen) atoms. The lowest BCUT2D eigenvalue weighted by Gasteiger charge is -2.19. The number of nitrogens with one attached hydrogen (secondary N) is 1. The molecule has 0 fully saturated rings. The van der Waals surface area contributed by atoms with E-state index in [1.807, 2.05) is 26.3 Å². The average molecular weight is 242 g/mol. The number of hydrogen-bond donors (Lipinski definition) is 1. The molecular weight excluding hydrogens is 224 g/mol. The van der Waals surface area contributed by atoms with Gasteiger partial charge in [0.2, 0.25) is 0 Å². The lowest BCUT2D eigenvalue weighted by molar-refractivity contribution is -0.144. The van der Waals surface area contributed by atoms with Crippen LogP contribution in [-0.2, 0) is 16.1 Å². The number of esters is 1. The fourth-order valence-corrected chi connectivity index (χ4v) is 2.14.